The van der Waals surface area contributed by atoms with Crippen LogP contribution in [0.2, 0.25) is 0 Å². The van der Waals surface area contributed by atoms with E-state index in [2.05, 4.69) is 58.7 Å². The third kappa shape index (κ3) is 6.64. The number of fused-ring (bicyclic) bond motifs is 5. The van der Waals surface area contributed by atoms with Crippen LogP contribution >= 0.6 is 11.8 Å². The fraction of sp³-hybridized carbons (Fsp3) is 0.229. The van der Waals surface area contributed by atoms with Crippen molar-refractivity contribution in [2.45, 2.75) is 25.8 Å². The van der Waals surface area contributed by atoms with E-state index in [9.17, 15) is 4.79 Å². The van der Waals surface area contributed by atoms with Gasteiger partial charge in [-0.2, -0.15) is 0 Å². The molecule has 5 aromatic rings. The SMILES string of the molecule is CCOCSCc1ccc(OC(=O)c2ccc(OCCn3nnc4c3-c3ccccc3N(C)Cc3ccccc3-4)cc2)cc1. The Morgan fingerprint density at radius 2 is 1.61 bits per heavy atom. The second kappa shape index (κ2) is 13.8. The first kappa shape index (κ1) is 29.5. The van der Waals surface area contributed by atoms with Gasteiger partial charge in [-0.15, -0.1) is 16.9 Å². The van der Waals surface area contributed by atoms with Crippen molar-refractivity contribution in [3.8, 4) is 34.0 Å². The third-order valence-corrected chi connectivity index (χ3v) is 8.29. The topological polar surface area (TPSA) is 78.7 Å². The van der Waals surface area contributed by atoms with Gasteiger partial charge in [0.2, 0.25) is 0 Å². The van der Waals surface area contributed by atoms with Gasteiger partial charge in [-0.3, -0.25) is 0 Å². The van der Waals surface area contributed by atoms with Gasteiger partial charge in [-0.05, 0) is 60.5 Å². The molecule has 2 heterocycles. The number of nitrogens with zero attached hydrogens (tertiary/aromatic N) is 4. The maximum atomic E-state index is 12.7. The Bertz CT molecular complexity index is 1720. The van der Waals surface area contributed by atoms with Gasteiger partial charge < -0.3 is 19.1 Å². The van der Waals surface area contributed by atoms with Gasteiger partial charge in [-0.1, -0.05) is 59.8 Å². The van der Waals surface area contributed by atoms with E-state index in [-0.39, 0.29) is 0 Å². The lowest BCUT2D eigenvalue weighted by Gasteiger charge is -2.26. The van der Waals surface area contributed by atoms with Gasteiger partial charge in [0.1, 0.15) is 23.8 Å². The fourth-order valence-corrected chi connectivity index (χ4v) is 6.01. The van der Waals surface area contributed by atoms with Crippen LogP contribution in [-0.2, 0) is 23.6 Å². The molecule has 0 bridgehead atoms. The van der Waals surface area contributed by atoms with E-state index in [1.807, 2.05) is 48.0 Å². The predicted molar refractivity (Wildman–Crippen MR) is 174 cm³/mol. The Kier molecular flexibility index (Phi) is 9.24. The number of anilines is 1. The van der Waals surface area contributed by atoms with Gasteiger partial charge >= 0.3 is 5.97 Å². The van der Waals surface area contributed by atoms with Gasteiger partial charge in [-0.25, -0.2) is 9.48 Å². The van der Waals surface area contributed by atoms with Crippen LogP contribution in [0.3, 0.4) is 0 Å². The summed E-state index contributed by atoms with van der Waals surface area (Å²) in [5.41, 5.74) is 7.95. The van der Waals surface area contributed by atoms with Crippen molar-refractivity contribution in [2.24, 2.45) is 0 Å². The molecule has 0 spiro atoms. The first-order valence-corrected chi connectivity index (χ1v) is 15.8. The summed E-state index contributed by atoms with van der Waals surface area (Å²) in [4.78, 5) is 15.0. The molecule has 0 unspecified atom stereocenters. The van der Waals surface area contributed by atoms with Crippen molar-refractivity contribution in [3.05, 3.63) is 114 Å². The third-order valence-electron chi connectivity index (χ3n) is 7.42. The average molecular weight is 607 g/mol. The highest BCUT2D eigenvalue weighted by Crippen LogP contribution is 2.40. The zero-order chi connectivity index (χ0) is 30.3. The highest BCUT2D eigenvalue weighted by Gasteiger charge is 2.25. The molecule has 0 fully saturated rings. The average Bonchev–Trinajstić information content (AvgIpc) is 3.47. The van der Waals surface area contributed by atoms with Crippen LogP contribution in [0.15, 0.2) is 97.1 Å². The molecule has 44 heavy (non-hydrogen) atoms. The van der Waals surface area contributed by atoms with Crippen LogP contribution in [-0.4, -0.2) is 47.2 Å². The monoisotopic (exact) mass is 606 g/mol. The molecule has 0 amide bonds. The number of thioether (sulfide) groups is 1. The molecule has 0 atom stereocenters. The van der Waals surface area contributed by atoms with E-state index in [0.717, 1.165) is 46.1 Å². The van der Waals surface area contributed by atoms with Gasteiger partial charge in [0.15, 0.2) is 0 Å². The van der Waals surface area contributed by atoms with Gasteiger partial charge in [0.05, 0.1) is 23.7 Å². The molecule has 6 rings (SSSR count). The number of benzene rings is 4. The van der Waals surface area contributed by atoms with Crippen molar-refractivity contribution in [2.75, 3.05) is 31.1 Å². The summed E-state index contributed by atoms with van der Waals surface area (Å²) in [6.45, 7) is 4.37. The summed E-state index contributed by atoms with van der Waals surface area (Å²) < 4.78 is 18.9. The Morgan fingerprint density at radius 1 is 0.886 bits per heavy atom. The number of aromatic nitrogens is 3. The molecule has 8 nitrogen and oxygen atoms in total. The van der Waals surface area contributed by atoms with Crippen molar-refractivity contribution < 1.29 is 19.0 Å². The number of carbonyl (C=O) groups is 1. The van der Waals surface area contributed by atoms with E-state index in [1.165, 1.54) is 5.56 Å². The minimum Gasteiger partial charge on any atom is -0.492 e. The van der Waals surface area contributed by atoms with E-state index >= 15 is 0 Å². The number of hydrogen-bond donors (Lipinski definition) is 0. The number of rotatable bonds is 11. The summed E-state index contributed by atoms with van der Waals surface area (Å²) >= 11 is 1.70. The lowest BCUT2D eigenvalue weighted by molar-refractivity contribution is 0.0734. The zero-order valence-electron chi connectivity index (χ0n) is 24.8. The lowest BCUT2D eigenvalue weighted by atomic mass is 9.96. The summed E-state index contributed by atoms with van der Waals surface area (Å²) in [7, 11) is 2.11. The highest BCUT2D eigenvalue weighted by atomic mass is 32.2. The molecular formula is C35H34N4O4S. The summed E-state index contributed by atoms with van der Waals surface area (Å²) in [5.74, 6) is 2.25. The lowest BCUT2D eigenvalue weighted by Crippen LogP contribution is -2.20. The largest absolute Gasteiger partial charge is 0.492 e. The molecule has 9 heteroatoms. The number of carbonyl (C=O) groups excluding carboxylic acids is 1. The molecule has 0 saturated carbocycles. The Morgan fingerprint density at radius 3 is 2.41 bits per heavy atom. The minimum atomic E-state index is -0.417. The first-order valence-electron chi connectivity index (χ1n) is 14.6. The van der Waals surface area contributed by atoms with Crippen LogP contribution < -0.4 is 14.4 Å². The summed E-state index contributed by atoms with van der Waals surface area (Å²) in [6, 6.07) is 31.2. The molecule has 0 N–H and O–H groups in total. The van der Waals surface area contributed by atoms with Crippen LogP contribution in [0.25, 0.3) is 22.5 Å². The molecule has 4 aromatic carbocycles. The minimum absolute atomic E-state index is 0.383. The maximum absolute atomic E-state index is 12.7. The second-order valence-electron chi connectivity index (χ2n) is 10.4. The van der Waals surface area contributed by atoms with Crippen LogP contribution in [0.1, 0.15) is 28.4 Å². The molecule has 1 aliphatic heterocycles. The van der Waals surface area contributed by atoms with E-state index in [0.29, 0.717) is 42.8 Å². The molecule has 224 valence electrons. The standard InChI is InChI=1S/C35H34N4O4S/c1-3-41-24-44-23-25-12-16-29(17-13-25)43-35(40)26-14-18-28(19-15-26)42-21-20-39-34-31-10-6-7-11-32(31)38(2)22-27-8-4-5-9-30(27)33(34)36-37-39/h4-19H,3,20-24H2,1-2H3. The van der Waals surface area contributed by atoms with E-state index in [1.54, 1.807) is 36.0 Å². The fourth-order valence-electron chi connectivity index (χ4n) is 5.21. The van der Waals surface area contributed by atoms with Crippen molar-refractivity contribution >= 4 is 23.4 Å². The van der Waals surface area contributed by atoms with Gasteiger partial charge in [0.25, 0.3) is 0 Å². The molecule has 0 aliphatic carbocycles. The van der Waals surface area contributed by atoms with E-state index in [4.69, 9.17) is 14.2 Å². The normalized spacial score (nSPS) is 12.0. The molecular weight excluding hydrogens is 572 g/mol. The Hall–Kier alpha value is -4.60. The van der Waals surface area contributed by atoms with Crippen molar-refractivity contribution in [3.63, 3.8) is 0 Å². The second-order valence-corrected chi connectivity index (χ2v) is 11.3. The number of esters is 1. The zero-order valence-corrected chi connectivity index (χ0v) is 25.6. The summed E-state index contributed by atoms with van der Waals surface area (Å²) in [5, 5.41) is 9.16. The Balaban J connectivity index is 1.09. The predicted octanol–water partition coefficient (Wildman–Crippen LogP) is 7.09. The molecule has 1 aliphatic rings. The van der Waals surface area contributed by atoms with Gasteiger partial charge in [0, 0.05) is 42.8 Å². The smallest absolute Gasteiger partial charge is 0.343 e. The van der Waals surface area contributed by atoms with Crippen molar-refractivity contribution in [1.29, 1.82) is 0 Å². The summed E-state index contributed by atoms with van der Waals surface area (Å²) in [6.07, 6.45) is 0. The van der Waals surface area contributed by atoms with E-state index < -0.39 is 5.97 Å². The van der Waals surface area contributed by atoms with Crippen LogP contribution in [0.4, 0.5) is 5.69 Å². The van der Waals surface area contributed by atoms with Crippen molar-refractivity contribution in [1.82, 2.24) is 15.0 Å². The molecule has 0 saturated heterocycles. The molecule has 0 radical (unpaired) electrons. The maximum Gasteiger partial charge on any atom is 0.343 e. The highest BCUT2D eigenvalue weighted by molar-refractivity contribution is 7.98. The number of para-hydroxylation sites is 1. The number of hydrogen-bond acceptors (Lipinski definition) is 8. The molecule has 1 aromatic heterocycles. The van der Waals surface area contributed by atoms with Crippen LogP contribution in [0, 0.1) is 0 Å². The van der Waals surface area contributed by atoms with Crippen LogP contribution in [0.5, 0.6) is 11.5 Å². The Labute approximate surface area is 261 Å². The number of ether oxygens (including phenoxy) is 3. The first-order chi connectivity index (χ1) is 21.6. The quantitative estimate of drug-likeness (QED) is 0.0683.